The predicted molar refractivity (Wildman–Crippen MR) is 97.6 cm³/mol. The average Bonchev–Trinajstić information content (AvgIpc) is 3.11. The van der Waals surface area contributed by atoms with E-state index in [2.05, 4.69) is 25.2 Å². The molecular formula is C19H21N5O2. The topological polar surface area (TPSA) is 84.2 Å². The lowest BCUT2D eigenvalue weighted by Gasteiger charge is -2.32. The minimum atomic E-state index is 0.0375. The third-order valence-electron chi connectivity index (χ3n) is 4.77. The van der Waals surface area contributed by atoms with E-state index in [1.54, 1.807) is 12.4 Å². The first-order chi connectivity index (χ1) is 12.7. The van der Waals surface area contributed by atoms with Gasteiger partial charge in [0.1, 0.15) is 17.0 Å². The van der Waals surface area contributed by atoms with E-state index in [1.165, 1.54) is 0 Å². The molecule has 1 N–H and O–H groups in total. The van der Waals surface area contributed by atoms with Crippen LogP contribution in [0.4, 0.5) is 5.69 Å². The highest BCUT2D eigenvalue weighted by atomic mass is 16.3. The molecule has 1 aliphatic heterocycles. The van der Waals surface area contributed by atoms with Gasteiger partial charge in [-0.2, -0.15) is 0 Å². The Morgan fingerprint density at radius 2 is 2.04 bits per heavy atom. The Kier molecular flexibility index (Phi) is 4.51. The smallest absolute Gasteiger partial charge is 0.223 e. The molecule has 0 atom stereocenters. The number of hydrogen-bond donors (Lipinski definition) is 1. The monoisotopic (exact) mass is 351 g/mol. The summed E-state index contributed by atoms with van der Waals surface area (Å²) in [6.45, 7) is 3.99. The van der Waals surface area contributed by atoms with Crippen LogP contribution in [0.5, 0.6) is 0 Å². The number of amides is 1. The van der Waals surface area contributed by atoms with Crippen LogP contribution in [0.1, 0.15) is 24.4 Å². The molecule has 26 heavy (non-hydrogen) atoms. The minimum absolute atomic E-state index is 0.0375. The second-order valence-electron chi connectivity index (χ2n) is 6.58. The van der Waals surface area contributed by atoms with Gasteiger partial charge >= 0.3 is 0 Å². The summed E-state index contributed by atoms with van der Waals surface area (Å²) in [5.74, 6) is 1.78. The van der Waals surface area contributed by atoms with Gasteiger partial charge in [-0.25, -0.2) is 9.97 Å². The van der Waals surface area contributed by atoms with Crippen molar-refractivity contribution in [2.24, 2.45) is 5.92 Å². The Balaban J connectivity index is 1.33. The van der Waals surface area contributed by atoms with Gasteiger partial charge in [0.25, 0.3) is 0 Å². The van der Waals surface area contributed by atoms with Crippen LogP contribution in [-0.4, -0.2) is 33.9 Å². The van der Waals surface area contributed by atoms with Crippen molar-refractivity contribution in [1.82, 2.24) is 20.3 Å². The molecular weight excluding hydrogens is 330 g/mol. The van der Waals surface area contributed by atoms with Gasteiger partial charge in [0.15, 0.2) is 5.65 Å². The fourth-order valence-electron chi connectivity index (χ4n) is 3.32. The largest absolute Gasteiger partial charge is 0.465 e. The molecule has 134 valence electrons. The molecule has 0 bridgehead atoms. The average molecular weight is 351 g/mol. The second kappa shape index (κ2) is 7.11. The number of piperidine rings is 1. The fourth-order valence-corrected chi connectivity index (χ4v) is 3.32. The van der Waals surface area contributed by atoms with E-state index in [4.69, 9.17) is 4.42 Å². The highest BCUT2D eigenvalue weighted by molar-refractivity contribution is 5.79. The summed E-state index contributed by atoms with van der Waals surface area (Å²) in [6, 6.07) is 5.81. The van der Waals surface area contributed by atoms with E-state index in [0.717, 1.165) is 48.7 Å². The molecule has 7 nitrogen and oxygen atoms in total. The Morgan fingerprint density at radius 3 is 2.81 bits per heavy atom. The van der Waals surface area contributed by atoms with Crippen molar-refractivity contribution in [3.63, 3.8) is 0 Å². The summed E-state index contributed by atoms with van der Waals surface area (Å²) >= 11 is 0. The number of aryl methyl sites for hydroxylation is 1. The molecule has 4 heterocycles. The quantitative estimate of drug-likeness (QED) is 0.777. The fraction of sp³-hybridized carbons (Fsp3) is 0.368. The highest BCUT2D eigenvalue weighted by Gasteiger charge is 2.25. The summed E-state index contributed by atoms with van der Waals surface area (Å²) in [7, 11) is 0. The molecule has 3 aromatic rings. The Hall–Kier alpha value is -2.96. The summed E-state index contributed by atoms with van der Waals surface area (Å²) < 4.78 is 5.49. The lowest BCUT2D eigenvalue weighted by molar-refractivity contribution is -0.125. The molecule has 1 aliphatic rings. The third-order valence-corrected chi connectivity index (χ3v) is 4.77. The number of pyridine rings is 1. The second-order valence-corrected chi connectivity index (χ2v) is 6.58. The molecule has 0 aliphatic carbocycles. The van der Waals surface area contributed by atoms with Crippen molar-refractivity contribution in [2.45, 2.75) is 26.3 Å². The van der Waals surface area contributed by atoms with Crippen LogP contribution in [0.2, 0.25) is 0 Å². The van der Waals surface area contributed by atoms with Gasteiger partial charge in [-0.3, -0.25) is 9.78 Å². The van der Waals surface area contributed by atoms with Crippen LogP contribution in [0, 0.1) is 12.8 Å². The zero-order valence-electron chi connectivity index (χ0n) is 14.7. The van der Waals surface area contributed by atoms with Crippen LogP contribution in [0.3, 0.4) is 0 Å². The zero-order valence-corrected chi connectivity index (χ0v) is 14.7. The Bertz CT molecular complexity index is 915. The van der Waals surface area contributed by atoms with Crippen LogP contribution >= 0.6 is 0 Å². The maximum Gasteiger partial charge on any atom is 0.223 e. The lowest BCUT2D eigenvalue weighted by Crippen LogP contribution is -2.40. The lowest BCUT2D eigenvalue weighted by atomic mass is 9.95. The van der Waals surface area contributed by atoms with E-state index in [0.29, 0.717) is 12.2 Å². The third kappa shape index (κ3) is 3.51. The zero-order chi connectivity index (χ0) is 17.9. The number of carbonyl (C=O) groups is 1. The van der Waals surface area contributed by atoms with Crippen molar-refractivity contribution in [1.29, 1.82) is 0 Å². The van der Waals surface area contributed by atoms with Crippen LogP contribution in [0.15, 0.2) is 41.2 Å². The van der Waals surface area contributed by atoms with Gasteiger partial charge in [0.05, 0.1) is 18.4 Å². The first-order valence-electron chi connectivity index (χ1n) is 8.84. The molecule has 0 unspecified atom stereocenters. The molecule has 1 fully saturated rings. The van der Waals surface area contributed by atoms with Crippen molar-refractivity contribution < 1.29 is 9.21 Å². The van der Waals surface area contributed by atoms with E-state index in [9.17, 15) is 4.79 Å². The first kappa shape index (κ1) is 16.5. The summed E-state index contributed by atoms with van der Waals surface area (Å²) in [4.78, 5) is 27.5. The number of carbonyl (C=O) groups excluding carboxylic acids is 1. The normalized spacial score (nSPS) is 15.3. The number of aromatic nitrogens is 3. The SMILES string of the molecule is Cc1ccc(CNC(=O)C2CCN(c3cnc4nccnc4c3)CC2)o1. The Morgan fingerprint density at radius 1 is 1.23 bits per heavy atom. The number of nitrogens with one attached hydrogen (secondary N) is 1. The molecule has 3 aromatic heterocycles. The van der Waals surface area contributed by atoms with Gasteiger partial charge in [0.2, 0.25) is 5.91 Å². The summed E-state index contributed by atoms with van der Waals surface area (Å²) in [5, 5.41) is 2.98. The number of anilines is 1. The van der Waals surface area contributed by atoms with Crippen molar-refractivity contribution in [3.8, 4) is 0 Å². The standard InChI is InChI=1S/C19H21N5O2/c1-13-2-3-16(26-13)12-23-19(25)14-4-8-24(9-5-14)15-10-17-18(22-11-15)21-7-6-20-17/h2-3,6-7,10-11,14H,4-5,8-9,12H2,1H3,(H,23,25). The van der Waals surface area contributed by atoms with Crippen molar-refractivity contribution in [3.05, 3.63) is 48.3 Å². The highest BCUT2D eigenvalue weighted by Crippen LogP contribution is 2.24. The molecule has 0 saturated carbocycles. The van der Waals surface area contributed by atoms with Gasteiger partial charge in [-0.05, 0) is 38.0 Å². The van der Waals surface area contributed by atoms with Gasteiger partial charge in [0, 0.05) is 31.4 Å². The molecule has 1 saturated heterocycles. The van der Waals surface area contributed by atoms with E-state index >= 15 is 0 Å². The van der Waals surface area contributed by atoms with Crippen LogP contribution in [0.25, 0.3) is 11.2 Å². The molecule has 4 rings (SSSR count). The van der Waals surface area contributed by atoms with Crippen molar-refractivity contribution >= 4 is 22.8 Å². The summed E-state index contributed by atoms with van der Waals surface area (Å²) in [5.41, 5.74) is 2.47. The van der Waals surface area contributed by atoms with Gasteiger partial charge in [-0.1, -0.05) is 0 Å². The number of rotatable bonds is 4. The molecule has 0 aromatic carbocycles. The predicted octanol–water partition coefficient (Wildman–Crippen LogP) is 2.46. The maximum absolute atomic E-state index is 12.4. The van der Waals surface area contributed by atoms with E-state index in [1.807, 2.05) is 31.3 Å². The molecule has 0 spiro atoms. The summed E-state index contributed by atoms with van der Waals surface area (Å²) in [6.07, 6.45) is 6.79. The Labute approximate surface area is 151 Å². The minimum Gasteiger partial charge on any atom is -0.465 e. The van der Waals surface area contributed by atoms with Crippen LogP contribution < -0.4 is 10.2 Å². The maximum atomic E-state index is 12.4. The van der Waals surface area contributed by atoms with Crippen LogP contribution in [-0.2, 0) is 11.3 Å². The molecule has 7 heteroatoms. The molecule has 0 radical (unpaired) electrons. The van der Waals surface area contributed by atoms with Crippen molar-refractivity contribution in [2.75, 3.05) is 18.0 Å². The number of nitrogens with zero attached hydrogens (tertiary/aromatic N) is 4. The van der Waals surface area contributed by atoms with E-state index < -0.39 is 0 Å². The van der Waals surface area contributed by atoms with Gasteiger partial charge in [-0.15, -0.1) is 0 Å². The number of hydrogen-bond acceptors (Lipinski definition) is 6. The number of fused-ring (bicyclic) bond motifs is 1. The van der Waals surface area contributed by atoms with Gasteiger partial charge < -0.3 is 14.6 Å². The van der Waals surface area contributed by atoms with E-state index in [-0.39, 0.29) is 11.8 Å². The first-order valence-corrected chi connectivity index (χ1v) is 8.84. The molecule has 1 amide bonds. The number of furan rings is 1.